The summed E-state index contributed by atoms with van der Waals surface area (Å²) in [6.45, 7) is 3.84. The fourth-order valence-electron chi connectivity index (χ4n) is 2.39. The number of nitrogens with one attached hydrogen (secondary N) is 3. The SMILES string of the molecule is CCCC(=O)Nc1ccc(C(=O)Nc2ccccc2NC)cc1C. The Balaban J connectivity index is 2.13. The summed E-state index contributed by atoms with van der Waals surface area (Å²) in [6.07, 6.45) is 1.29. The Hall–Kier alpha value is -2.82. The highest BCUT2D eigenvalue weighted by atomic mass is 16.2. The lowest BCUT2D eigenvalue weighted by Crippen LogP contribution is -2.15. The van der Waals surface area contributed by atoms with Crippen molar-refractivity contribution in [1.82, 2.24) is 0 Å². The molecule has 126 valence electrons. The number of para-hydroxylation sites is 2. The van der Waals surface area contributed by atoms with Crippen LogP contribution in [0.5, 0.6) is 0 Å². The Bertz CT molecular complexity index is 741. The lowest BCUT2D eigenvalue weighted by atomic mass is 10.1. The largest absolute Gasteiger partial charge is 0.386 e. The van der Waals surface area contributed by atoms with E-state index in [-0.39, 0.29) is 11.8 Å². The zero-order valence-electron chi connectivity index (χ0n) is 14.3. The average molecular weight is 325 g/mol. The van der Waals surface area contributed by atoms with E-state index in [1.165, 1.54) is 0 Å². The molecular formula is C19H23N3O2. The van der Waals surface area contributed by atoms with Crippen LogP contribution >= 0.6 is 0 Å². The molecule has 2 aromatic rings. The third kappa shape index (κ3) is 4.35. The van der Waals surface area contributed by atoms with Crippen LogP contribution in [-0.4, -0.2) is 18.9 Å². The second-order valence-electron chi connectivity index (χ2n) is 5.58. The van der Waals surface area contributed by atoms with Gasteiger partial charge in [-0.2, -0.15) is 0 Å². The molecule has 0 heterocycles. The van der Waals surface area contributed by atoms with Crippen LogP contribution in [0.4, 0.5) is 17.1 Å². The summed E-state index contributed by atoms with van der Waals surface area (Å²) in [5.41, 5.74) is 3.72. The minimum Gasteiger partial charge on any atom is -0.386 e. The van der Waals surface area contributed by atoms with Crippen LogP contribution in [0.15, 0.2) is 42.5 Å². The lowest BCUT2D eigenvalue weighted by molar-refractivity contribution is -0.116. The zero-order valence-corrected chi connectivity index (χ0v) is 14.3. The highest BCUT2D eigenvalue weighted by Gasteiger charge is 2.11. The van der Waals surface area contributed by atoms with E-state index in [1.807, 2.05) is 45.2 Å². The van der Waals surface area contributed by atoms with Crippen molar-refractivity contribution in [3.63, 3.8) is 0 Å². The van der Waals surface area contributed by atoms with Crippen molar-refractivity contribution in [2.24, 2.45) is 0 Å². The van der Waals surface area contributed by atoms with Crippen LogP contribution in [-0.2, 0) is 4.79 Å². The van der Waals surface area contributed by atoms with E-state index in [4.69, 9.17) is 0 Å². The van der Waals surface area contributed by atoms with E-state index < -0.39 is 0 Å². The highest BCUT2D eigenvalue weighted by molar-refractivity contribution is 6.06. The van der Waals surface area contributed by atoms with Crippen LogP contribution in [0.25, 0.3) is 0 Å². The van der Waals surface area contributed by atoms with Gasteiger partial charge >= 0.3 is 0 Å². The van der Waals surface area contributed by atoms with Gasteiger partial charge in [0.15, 0.2) is 0 Å². The minimum atomic E-state index is -0.188. The summed E-state index contributed by atoms with van der Waals surface area (Å²) in [5.74, 6) is -0.201. The average Bonchev–Trinajstić information content (AvgIpc) is 2.57. The molecule has 2 rings (SSSR count). The number of hydrogen-bond donors (Lipinski definition) is 3. The zero-order chi connectivity index (χ0) is 17.5. The first-order chi connectivity index (χ1) is 11.5. The van der Waals surface area contributed by atoms with E-state index in [0.29, 0.717) is 12.0 Å². The molecule has 2 aromatic carbocycles. The molecule has 0 radical (unpaired) electrons. The molecule has 0 fully saturated rings. The second-order valence-corrected chi connectivity index (χ2v) is 5.58. The Morgan fingerprint density at radius 2 is 1.67 bits per heavy atom. The van der Waals surface area contributed by atoms with Crippen molar-refractivity contribution >= 4 is 28.9 Å². The van der Waals surface area contributed by atoms with E-state index in [0.717, 1.165) is 29.0 Å². The summed E-state index contributed by atoms with van der Waals surface area (Å²) in [4.78, 5) is 24.1. The number of benzene rings is 2. The first kappa shape index (κ1) is 17.5. The quantitative estimate of drug-likeness (QED) is 0.751. The predicted octanol–water partition coefficient (Wildman–Crippen LogP) is 4.03. The van der Waals surface area contributed by atoms with Gasteiger partial charge < -0.3 is 16.0 Å². The molecule has 3 N–H and O–H groups in total. The molecular weight excluding hydrogens is 302 g/mol. The summed E-state index contributed by atoms with van der Waals surface area (Å²) in [7, 11) is 1.81. The molecule has 0 aliphatic rings. The van der Waals surface area contributed by atoms with E-state index >= 15 is 0 Å². The number of anilines is 3. The van der Waals surface area contributed by atoms with Crippen LogP contribution in [0.3, 0.4) is 0 Å². The molecule has 0 saturated heterocycles. The van der Waals surface area contributed by atoms with Crippen molar-refractivity contribution in [3.05, 3.63) is 53.6 Å². The molecule has 0 atom stereocenters. The maximum absolute atomic E-state index is 12.4. The van der Waals surface area contributed by atoms with Crippen LogP contribution in [0, 0.1) is 6.92 Å². The Kier molecular flexibility index (Phi) is 5.95. The smallest absolute Gasteiger partial charge is 0.255 e. The van der Waals surface area contributed by atoms with Crippen molar-refractivity contribution in [2.45, 2.75) is 26.7 Å². The molecule has 5 heteroatoms. The van der Waals surface area contributed by atoms with Gasteiger partial charge in [-0.3, -0.25) is 9.59 Å². The Morgan fingerprint density at radius 3 is 2.29 bits per heavy atom. The van der Waals surface area contributed by atoms with Crippen LogP contribution in [0.1, 0.15) is 35.7 Å². The molecule has 0 bridgehead atoms. The molecule has 0 spiro atoms. The fourth-order valence-corrected chi connectivity index (χ4v) is 2.39. The molecule has 5 nitrogen and oxygen atoms in total. The van der Waals surface area contributed by atoms with Gasteiger partial charge in [0.1, 0.15) is 0 Å². The van der Waals surface area contributed by atoms with E-state index in [1.54, 1.807) is 18.2 Å². The van der Waals surface area contributed by atoms with Gasteiger partial charge in [0.25, 0.3) is 5.91 Å². The van der Waals surface area contributed by atoms with Gasteiger partial charge in [-0.1, -0.05) is 19.1 Å². The number of rotatable bonds is 6. The summed E-state index contributed by atoms with van der Waals surface area (Å²) in [5, 5.41) is 8.81. The highest BCUT2D eigenvalue weighted by Crippen LogP contribution is 2.22. The number of amides is 2. The molecule has 0 aromatic heterocycles. The molecule has 0 aliphatic carbocycles. The minimum absolute atomic E-state index is 0.0132. The standard InChI is InChI=1S/C19H23N3O2/c1-4-7-18(23)21-15-11-10-14(12-13(15)2)19(24)22-17-9-6-5-8-16(17)20-3/h5-6,8-12,20H,4,7H2,1-3H3,(H,21,23)(H,22,24). The van der Waals surface area contributed by atoms with Crippen molar-refractivity contribution in [3.8, 4) is 0 Å². The third-order valence-electron chi connectivity index (χ3n) is 3.68. The van der Waals surface area contributed by atoms with Gasteiger partial charge in [-0.15, -0.1) is 0 Å². The summed E-state index contributed by atoms with van der Waals surface area (Å²) < 4.78 is 0. The normalized spacial score (nSPS) is 10.1. The van der Waals surface area contributed by atoms with E-state index in [2.05, 4.69) is 16.0 Å². The topological polar surface area (TPSA) is 70.2 Å². The molecule has 24 heavy (non-hydrogen) atoms. The molecule has 0 aliphatic heterocycles. The first-order valence-corrected chi connectivity index (χ1v) is 8.03. The van der Waals surface area contributed by atoms with Gasteiger partial charge in [0.2, 0.25) is 5.91 Å². The molecule has 0 saturated carbocycles. The van der Waals surface area contributed by atoms with E-state index in [9.17, 15) is 9.59 Å². The second kappa shape index (κ2) is 8.15. The molecule has 2 amide bonds. The summed E-state index contributed by atoms with van der Waals surface area (Å²) in [6, 6.07) is 12.8. The first-order valence-electron chi connectivity index (χ1n) is 8.03. The van der Waals surface area contributed by atoms with Crippen LogP contribution < -0.4 is 16.0 Å². The van der Waals surface area contributed by atoms with Crippen molar-refractivity contribution in [2.75, 3.05) is 23.0 Å². The van der Waals surface area contributed by atoms with Gasteiger partial charge in [0.05, 0.1) is 11.4 Å². The van der Waals surface area contributed by atoms with Gasteiger partial charge in [-0.25, -0.2) is 0 Å². The number of aryl methyl sites for hydroxylation is 1. The maximum Gasteiger partial charge on any atom is 0.255 e. The summed E-state index contributed by atoms with van der Waals surface area (Å²) >= 11 is 0. The van der Waals surface area contributed by atoms with Crippen molar-refractivity contribution < 1.29 is 9.59 Å². The Labute approximate surface area is 142 Å². The number of carbonyl (C=O) groups excluding carboxylic acids is 2. The fraction of sp³-hybridized carbons (Fsp3) is 0.263. The maximum atomic E-state index is 12.4. The monoisotopic (exact) mass is 325 g/mol. The van der Waals surface area contributed by atoms with Crippen molar-refractivity contribution in [1.29, 1.82) is 0 Å². The third-order valence-corrected chi connectivity index (χ3v) is 3.68. The van der Waals surface area contributed by atoms with Crippen LogP contribution in [0.2, 0.25) is 0 Å². The predicted molar refractivity (Wildman–Crippen MR) is 98.7 cm³/mol. The van der Waals surface area contributed by atoms with Gasteiger partial charge in [-0.05, 0) is 49.2 Å². The lowest BCUT2D eigenvalue weighted by Gasteiger charge is -2.12. The number of carbonyl (C=O) groups is 2. The molecule has 0 unspecified atom stereocenters. The van der Waals surface area contributed by atoms with Gasteiger partial charge in [0, 0.05) is 24.7 Å². The Morgan fingerprint density at radius 1 is 0.958 bits per heavy atom. The number of hydrogen-bond acceptors (Lipinski definition) is 3.